The molecule has 4 nitrogen and oxygen atoms in total. The summed E-state index contributed by atoms with van der Waals surface area (Å²) in [6.07, 6.45) is 3.23. The molecule has 2 aliphatic rings. The van der Waals surface area contributed by atoms with E-state index in [0.29, 0.717) is 11.8 Å². The number of amides is 1. The molecule has 0 aliphatic carbocycles. The maximum absolute atomic E-state index is 12.1. The van der Waals surface area contributed by atoms with Gasteiger partial charge in [-0.05, 0) is 32.7 Å². The summed E-state index contributed by atoms with van der Waals surface area (Å²) in [5.74, 6) is 0.849. The molecule has 2 unspecified atom stereocenters. The second-order valence-electron chi connectivity index (χ2n) is 4.75. The second kappa shape index (κ2) is 7.19. The molecule has 2 heterocycles. The van der Waals surface area contributed by atoms with Crippen LogP contribution in [0.1, 0.15) is 26.2 Å². The lowest BCUT2D eigenvalue weighted by molar-refractivity contribution is -0.132. The highest BCUT2D eigenvalue weighted by molar-refractivity contribution is 5.85. The number of rotatable bonds is 4. The summed E-state index contributed by atoms with van der Waals surface area (Å²) in [6.45, 7) is 6.38. The lowest BCUT2D eigenvalue weighted by Gasteiger charge is -2.20. The molecule has 1 N–H and O–H groups in total. The van der Waals surface area contributed by atoms with Gasteiger partial charge in [-0.2, -0.15) is 0 Å². The van der Waals surface area contributed by atoms with E-state index < -0.39 is 0 Å². The molecule has 2 rings (SSSR count). The summed E-state index contributed by atoms with van der Waals surface area (Å²) < 4.78 is 5.42. The van der Waals surface area contributed by atoms with Crippen LogP contribution in [0.15, 0.2) is 0 Å². The smallest absolute Gasteiger partial charge is 0.239 e. The number of carbonyl (C=O) groups excluding carboxylic acids is 1. The van der Waals surface area contributed by atoms with Crippen LogP contribution < -0.4 is 5.32 Å². The molecule has 17 heavy (non-hydrogen) atoms. The molecular weight excluding hydrogens is 240 g/mol. The van der Waals surface area contributed by atoms with Crippen molar-refractivity contribution in [3.05, 3.63) is 0 Å². The minimum atomic E-state index is 0. The van der Waals surface area contributed by atoms with Gasteiger partial charge < -0.3 is 15.0 Å². The third-order valence-electron chi connectivity index (χ3n) is 3.51. The van der Waals surface area contributed by atoms with E-state index in [1.54, 1.807) is 0 Å². The Balaban J connectivity index is 0.00000144. The van der Waals surface area contributed by atoms with Gasteiger partial charge in [0.15, 0.2) is 0 Å². The molecule has 2 atom stereocenters. The van der Waals surface area contributed by atoms with E-state index in [1.807, 2.05) is 11.8 Å². The maximum Gasteiger partial charge on any atom is 0.239 e. The van der Waals surface area contributed by atoms with Crippen LogP contribution >= 0.6 is 12.4 Å². The zero-order valence-corrected chi connectivity index (χ0v) is 11.3. The van der Waals surface area contributed by atoms with Crippen molar-refractivity contribution in [3.8, 4) is 0 Å². The molecule has 1 amide bonds. The fourth-order valence-electron chi connectivity index (χ4n) is 2.57. The molecular formula is C12H23ClN2O2. The summed E-state index contributed by atoms with van der Waals surface area (Å²) in [6, 6.07) is 0.0887. The average Bonchev–Trinajstić information content (AvgIpc) is 2.96. The highest BCUT2D eigenvalue weighted by Crippen LogP contribution is 2.19. The van der Waals surface area contributed by atoms with E-state index in [9.17, 15) is 4.79 Å². The summed E-state index contributed by atoms with van der Waals surface area (Å²) >= 11 is 0. The Kier molecular flexibility index (Phi) is 6.23. The molecule has 100 valence electrons. The van der Waals surface area contributed by atoms with Gasteiger partial charge in [-0.1, -0.05) is 0 Å². The van der Waals surface area contributed by atoms with Crippen LogP contribution in [-0.2, 0) is 9.53 Å². The van der Waals surface area contributed by atoms with Crippen molar-refractivity contribution in [2.24, 2.45) is 5.92 Å². The van der Waals surface area contributed by atoms with E-state index in [1.165, 1.54) is 0 Å². The quantitative estimate of drug-likeness (QED) is 0.823. The number of likely N-dealkylation sites (tertiary alicyclic amines) is 1. The second-order valence-corrected chi connectivity index (χ2v) is 4.75. The summed E-state index contributed by atoms with van der Waals surface area (Å²) in [5, 5.41) is 3.27. The Morgan fingerprint density at radius 2 is 2.29 bits per heavy atom. The standard InChI is InChI=1S/C12H22N2O2.ClH/c1-2-16-9-10-5-7-14(8-10)12(15)11-4-3-6-13-11;/h10-11,13H,2-9H2,1H3;1H. The van der Waals surface area contributed by atoms with Gasteiger partial charge in [-0.15, -0.1) is 12.4 Å². The Morgan fingerprint density at radius 3 is 2.94 bits per heavy atom. The fourth-order valence-corrected chi connectivity index (χ4v) is 2.57. The minimum Gasteiger partial charge on any atom is -0.381 e. The van der Waals surface area contributed by atoms with Crippen molar-refractivity contribution in [2.75, 3.05) is 32.8 Å². The zero-order chi connectivity index (χ0) is 11.4. The van der Waals surface area contributed by atoms with Crippen LogP contribution in [0.4, 0.5) is 0 Å². The van der Waals surface area contributed by atoms with Gasteiger partial charge in [0.2, 0.25) is 5.91 Å². The highest BCUT2D eigenvalue weighted by Gasteiger charge is 2.31. The first-order valence-corrected chi connectivity index (χ1v) is 6.41. The molecule has 5 heteroatoms. The number of nitrogens with zero attached hydrogens (tertiary/aromatic N) is 1. The largest absolute Gasteiger partial charge is 0.381 e. The van der Waals surface area contributed by atoms with E-state index >= 15 is 0 Å². The Labute approximate surface area is 109 Å². The molecule has 0 radical (unpaired) electrons. The molecule has 2 fully saturated rings. The predicted molar refractivity (Wildman–Crippen MR) is 69.5 cm³/mol. The van der Waals surface area contributed by atoms with Gasteiger partial charge in [0.1, 0.15) is 0 Å². The van der Waals surface area contributed by atoms with Crippen LogP contribution in [0.5, 0.6) is 0 Å². The van der Waals surface area contributed by atoms with Crippen molar-refractivity contribution in [1.29, 1.82) is 0 Å². The van der Waals surface area contributed by atoms with E-state index in [-0.39, 0.29) is 18.4 Å². The molecule has 0 saturated carbocycles. The fraction of sp³-hybridized carbons (Fsp3) is 0.917. The third kappa shape index (κ3) is 3.83. The van der Waals surface area contributed by atoms with E-state index in [4.69, 9.17) is 4.74 Å². The van der Waals surface area contributed by atoms with E-state index in [0.717, 1.165) is 52.1 Å². The zero-order valence-electron chi connectivity index (χ0n) is 10.5. The van der Waals surface area contributed by atoms with Crippen molar-refractivity contribution in [3.63, 3.8) is 0 Å². The topological polar surface area (TPSA) is 41.6 Å². The molecule has 0 aromatic rings. The number of halogens is 1. The minimum absolute atomic E-state index is 0. The van der Waals surface area contributed by atoms with Crippen molar-refractivity contribution >= 4 is 18.3 Å². The van der Waals surface area contributed by atoms with Crippen LogP contribution in [0.25, 0.3) is 0 Å². The first kappa shape index (κ1) is 14.7. The number of ether oxygens (including phenoxy) is 1. The van der Waals surface area contributed by atoms with Crippen LogP contribution in [0, 0.1) is 5.92 Å². The van der Waals surface area contributed by atoms with Gasteiger partial charge in [-0.3, -0.25) is 4.79 Å². The Bertz CT molecular complexity index is 245. The maximum atomic E-state index is 12.1. The van der Waals surface area contributed by atoms with Crippen molar-refractivity contribution < 1.29 is 9.53 Å². The average molecular weight is 263 g/mol. The molecule has 2 saturated heterocycles. The normalized spacial score (nSPS) is 28.2. The molecule has 0 aromatic heterocycles. The van der Waals surface area contributed by atoms with Gasteiger partial charge in [0, 0.05) is 25.6 Å². The highest BCUT2D eigenvalue weighted by atomic mass is 35.5. The van der Waals surface area contributed by atoms with Crippen LogP contribution in [-0.4, -0.2) is 49.7 Å². The number of nitrogens with one attached hydrogen (secondary N) is 1. The summed E-state index contributed by atoms with van der Waals surface area (Å²) in [4.78, 5) is 14.1. The first-order chi connectivity index (χ1) is 7.81. The summed E-state index contributed by atoms with van der Waals surface area (Å²) in [7, 11) is 0. The lowest BCUT2D eigenvalue weighted by Crippen LogP contribution is -2.42. The Hall–Kier alpha value is -0.320. The van der Waals surface area contributed by atoms with E-state index in [2.05, 4.69) is 5.32 Å². The van der Waals surface area contributed by atoms with Gasteiger partial charge >= 0.3 is 0 Å². The van der Waals surface area contributed by atoms with Gasteiger partial charge in [0.05, 0.1) is 12.6 Å². The number of carbonyl (C=O) groups is 1. The number of hydrogen-bond acceptors (Lipinski definition) is 3. The van der Waals surface area contributed by atoms with Gasteiger partial charge in [-0.25, -0.2) is 0 Å². The molecule has 0 spiro atoms. The summed E-state index contributed by atoms with van der Waals surface area (Å²) in [5.41, 5.74) is 0. The Morgan fingerprint density at radius 1 is 1.47 bits per heavy atom. The molecule has 0 aromatic carbocycles. The van der Waals surface area contributed by atoms with Gasteiger partial charge in [0.25, 0.3) is 0 Å². The number of hydrogen-bond donors (Lipinski definition) is 1. The van der Waals surface area contributed by atoms with Crippen LogP contribution in [0.2, 0.25) is 0 Å². The molecule has 2 aliphatic heterocycles. The molecule has 0 bridgehead atoms. The van der Waals surface area contributed by atoms with Crippen LogP contribution in [0.3, 0.4) is 0 Å². The monoisotopic (exact) mass is 262 g/mol. The lowest BCUT2D eigenvalue weighted by atomic mass is 10.1. The van der Waals surface area contributed by atoms with Crippen molar-refractivity contribution in [1.82, 2.24) is 10.2 Å². The first-order valence-electron chi connectivity index (χ1n) is 6.41. The third-order valence-corrected chi connectivity index (χ3v) is 3.51. The van der Waals surface area contributed by atoms with Crippen molar-refractivity contribution in [2.45, 2.75) is 32.2 Å². The SMILES string of the molecule is CCOCC1CCN(C(=O)C2CCCN2)C1.Cl. The predicted octanol–water partition coefficient (Wildman–Crippen LogP) is 1.05.